The highest BCUT2D eigenvalue weighted by Gasteiger charge is 2.34. The lowest BCUT2D eigenvalue weighted by molar-refractivity contribution is -0.139. The van der Waals surface area contributed by atoms with Gasteiger partial charge in [-0.25, -0.2) is 8.42 Å². The van der Waals surface area contributed by atoms with E-state index in [0.717, 1.165) is 15.4 Å². The standard InChI is InChI=1S/C32H30Cl3N3O4S/c1-22-11-14-27(15-12-22)43(41,42)38(26-10-6-9-25(33)19-26)21-31(39)37(20-24-13-16-28(34)29(35)17-24)30(32(40)36-2)18-23-7-4-3-5-8-23/h3-17,19,30H,18,20-21H2,1-2H3,(H,36,40). The minimum absolute atomic E-state index is 0.00838. The van der Waals surface area contributed by atoms with Gasteiger partial charge in [-0.3, -0.25) is 13.9 Å². The highest BCUT2D eigenvalue weighted by atomic mass is 35.5. The maximum Gasteiger partial charge on any atom is 0.264 e. The molecule has 0 fully saturated rings. The Labute approximate surface area is 267 Å². The Kier molecular flexibility index (Phi) is 10.7. The van der Waals surface area contributed by atoms with Gasteiger partial charge in [0.1, 0.15) is 12.6 Å². The summed E-state index contributed by atoms with van der Waals surface area (Å²) in [6.45, 7) is 1.22. The number of likely N-dealkylation sites (N-methyl/N-ethyl adjacent to an activating group) is 1. The zero-order chi connectivity index (χ0) is 31.1. The van der Waals surface area contributed by atoms with Crippen molar-refractivity contribution in [3.63, 3.8) is 0 Å². The Morgan fingerprint density at radius 1 is 0.814 bits per heavy atom. The smallest absolute Gasteiger partial charge is 0.264 e. The van der Waals surface area contributed by atoms with Gasteiger partial charge in [0.15, 0.2) is 0 Å². The Hall–Kier alpha value is -3.56. The number of hydrogen-bond donors (Lipinski definition) is 1. The summed E-state index contributed by atoms with van der Waals surface area (Å²) in [5.74, 6) is -1.01. The molecule has 0 heterocycles. The number of nitrogens with zero attached hydrogens (tertiary/aromatic N) is 2. The van der Waals surface area contributed by atoms with Crippen molar-refractivity contribution in [1.29, 1.82) is 0 Å². The molecular weight excluding hydrogens is 629 g/mol. The average molecular weight is 659 g/mol. The van der Waals surface area contributed by atoms with E-state index >= 15 is 0 Å². The highest BCUT2D eigenvalue weighted by Crippen LogP contribution is 2.28. The second-order valence-corrected chi connectivity index (χ2v) is 13.0. The van der Waals surface area contributed by atoms with Crippen LogP contribution in [0.15, 0.2) is 102 Å². The van der Waals surface area contributed by atoms with Crippen LogP contribution in [0.25, 0.3) is 0 Å². The summed E-state index contributed by atoms with van der Waals surface area (Å²) in [5, 5.41) is 3.58. The summed E-state index contributed by atoms with van der Waals surface area (Å²) in [4.78, 5) is 29.0. The first kappa shape index (κ1) is 32.4. The van der Waals surface area contributed by atoms with Crippen molar-refractivity contribution >= 4 is 62.3 Å². The molecule has 7 nitrogen and oxygen atoms in total. The summed E-state index contributed by atoms with van der Waals surface area (Å²) in [6, 6.07) is 25.8. The van der Waals surface area contributed by atoms with E-state index < -0.39 is 34.4 Å². The fraction of sp³-hybridized carbons (Fsp3) is 0.188. The minimum Gasteiger partial charge on any atom is -0.357 e. The summed E-state index contributed by atoms with van der Waals surface area (Å²) in [6.07, 6.45) is 0.190. The molecule has 224 valence electrons. The number of sulfonamides is 1. The van der Waals surface area contributed by atoms with Gasteiger partial charge in [0.25, 0.3) is 10.0 Å². The van der Waals surface area contributed by atoms with Gasteiger partial charge in [-0.1, -0.05) is 95.0 Å². The maximum absolute atomic E-state index is 14.3. The van der Waals surface area contributed by atoms with E-state index in [1.54, 1.807) is 48.5 Å². The Morgan fingerprint density at radius 2 is 1.51 bits per heavy atom. The van der Waals surface area contributed by atoms with Crippen molar-refractivity contribution in [2.45, 2.75) is 30.8 Å². The predicted molar refractivity (Wildman–Crippen MR) is 172 cm³/mol. The lowest BCUT2D eigenvalue weighted by Gasteiger charge is -2.33. The summed E-state index contributed by atoms with van der Waals surface area (Å²) < 4.78 is 29.0. The molecule has 0 bridgehead atoms. The third kappa shape index (κ3) is 8.09. The SMILES string of the molecule is CNC(=O)C(Cc1ccccc1)N(Cc1ccc(Cl)c(Cl)c1)C(=O)CN(c1cccc(Cl)c1)S(=O)(=O)c1ccc(C)cc1. The van der Waals surface area contributed by atoms with Crippen molar-refractivity contribution in [2.24, 2.45) is 0 Å². The van der Waals surface area contributed by atoms with Crippen molar-refractivity contribution in [2.75, 3.05) is 17.9 Å². The molecule has 0 spiro atoms. The van der Waals surface area contributed by atoms with Gasteiger partial charge in [-0.05, 0) is 60.5 Å². The van der Waals surface area contributed by atoms with Gasteiger partial charge in [-0.15, -0.1) is 0 Å². The average Bonchev–Trinajstić information content (AvgIpc) is 2.99. The monoisotopic (exact) mass is 657 g/mol. The Balaban J connectivity index is 1.80. The molecule has 4 aromatic rings. The number of anilines is 1. The quantitative estimate of drug-likeness (QED) is 0.198. The van der Waals surface area contributed by atoms with Crippen molar-refractivity contribution < 1.29 is 18.0 Å². The van der Waals surface area contributed by atoms with E-state index in [1.165, 1.54) is 30.1 Å². The zero-order valence-corrected chi connectivity index (χ0v) is 26.6. The minimum atomic E-state index is -4.22. The van der Waals surface area contributed by atoms with Gasteiger partial charge in [0.05, 0.1) is 20.6 Å². The molecule has 1 unspecified atom stereocenters. The number of halogens is 3. The largest absolute Gasteiger partial charge is 0.357 e. The molecule has 11 heteroatoms. The van der Waals surface area contributed by atoms with Crippen LogP contribution in [0.1, 0.15) is 16.7 Å². The van der Waals surface area contributed by atoms with E-state index in [1.807, 2.05) is 37.3 Å². The van der Waals surface area contributed by atoms with Crippen LogP contribution in [0.3, 0.4) is 0 Å². The fourth-order valence-corrected chi connectivity index (χ4v) is 6.46. The normalized spacial score (nSPS) is 11.9. The first-order valence-corrected chi connectivity index (χ1v) is 15.9. The van der Waals surface area contributed by atoms with E-state index in [9.17, 15) is 18.0 Å². The van der Waals surface area contributed by atoms with E-state index in [2.05, 4.69) is 5.32 Å². The van der Waals surface area contributed by atoms with Crippen LogP contribution in [0.5, 0.6) is 0 Å². The van der Waals surface area contributed by atoms with Crippen molar-refractivity contribution in [3.05, 3.63) is 129 Å². The maximum atomic E-state index is 14.3. The number of nitrogens with one attached hydrogen (secondary N) is 1. The summed E-state index contributed by atoms with van der Waals surface area (Å²) in [7, 11) is -2.74. The van der Waals surface area contributed by atoms with Gasteiger partial charge in [-0.2, -0.15) is 0 Å². The first-order valence-electron chi connectivity index (χ1n) is 13.3. The third-order valence-corrected chi connectivity index (χ3v) is 9.60. The van der Waals surface area contributed by atoms with Crippen LogP contribution >= 0.6 is 34.8 Å². The number of carbonyl (C=O) groups excluding carboxylic acids is 2. The van der Waals surface area contributed by atoms with Gasteiger partial charge in [0.2, 0.25) is 11.8 Å². The molecule has 43 heavy (non-hydrogen) atoms. The van der Waals surface area contributed by atoms with Crippen LogP contribution in [-0.2, 0) is 32.6 Å². The van der Waals surface area contributed by atoms with Gasteiger partial charge < -0.3 is 10.2 Å². The predicted octanol–water partition coefficient (Wildman–Crippen LogP) is 6.54. The van der Waals surface area contributed by atoms with Crippen LogP contribution in [0.4, 0.5) is 5.69 Å². The van der Waals surface area contributed by atoms with E-state index in [4.69, 9.17) is 34.8 Å². The lowest BCUT2D eigenvalue weighted by Crippen LogP contribution is -2.53. The lowest BCUT2D eigenvalue weighted by atomic mass is 10.0. The Bertz CT molecular complexity index is 1700. The molecule has 2 amide bonds. The molecule has 0 saturated carbocycles. The van der Waals surface area contributed by atoms with Crippen LogP contribution in [0.2, 0.25) is 15.1 Å². The molecule has 0 aliphatic heterocycles. The molecule has 4 aromatic carbocycles. The summed E-state index contributed by atoms with van der Waals surface area (Å²) >= 11 is 18.7. The topological polar surface area (TPSA) is 86.8 Å². The van der Waals surface area contributed by atoms with Gasteiger partial charge >= 0.3 is 0 Å². The second-order valence-electron chi connectivity index (χ2n) is 9.89. The van der Waals surface area contributed by atoms with E-state index in [0.29, 0.717) is 15.6 Å². The zero-order valence-electron chi connectivity index (χ0n) is 23.5. The third-order valence-electron chi connectivity index (χ3n) is 6.84. The number of amides is 2. The fourth-order valence-electron chi connectivity index (χ4n) is 4.55. The number of rotatable bonds is 11. The molecule has 1 atom stereocenters. The molecule has 0 radical (unpaired) electrons. The number of hydrogen-bond acceptors (Lipinski definition) is 4. The number of aryl methyl sites for hydroxylation is 1. The molecular formula is C32H30Cl3N3O4S. The summed E-state index contributed by atoms with van der Waals surface area (Å²) in [5.41, 5.74) is 2.52. The van der Waals surface area contributed by atoms with Crippen molar-refractivity contribution in [3.8, 4) is 0 Å². The molecule has 0 aromatic heterocycles. The Morgan fingerprint density at radius 3 is 2.14 bits per heavy atom. The van der Waals surface area contributed by atoms with Gasteiger partial charge in [0, 0.05) is 25.0 Å². The highest BCUT2D eigenvalue weighted by molar-refractivity contribution is 7.92. The molecule has 0 aliphatic rings. The molecule has 0 aliphatic carbocycles. The second kappa shape index (κ2) is 14.3. The number of benzene rings is 4. The molecule has 4 rings (SSSR count). The number of carbonyl (C=O) groups is 2. The van der Waals surface area contributed by atoms with Crippen LogP contribution in [-0.4, -0.2) is 44.8 Å². The molecule has 1 N–H and O–H groups in total. The molecule has 0 saturated heterocycles. The van der Waals surface area contributed by atoms with Crippen molar-refractivity contribution in [1.82, 2.24) is 10.2 Å². The van der Waals surface area contributed by atoms with Crippen LogP contribution in [0, 0.1) is 6.92 Å². The van der Waals surface area contributed by atoms with E-state index in [-0.39, 0.29) is 28.6 Å². The first-order chi connectivity index (χ1) is 20.5. The van der Waals surface area contributed by atoms with Crippen LogP contribution < -0.4 is 9.62 Å².